The molecule has 2 nitrogen and oxygen atoms in total. The predicted molar refractivity (Wildman–Crippen MR) is 78.1 cm³/mol. The van der Waals surface area contributed by atoms with E-state index in [4.69, 9.17) is 4.74 Å². The standard InChI is InChI=1S/C15H22O2S/c1-12-4-6-14(7-5-12)11-18-9-8-15(17-3)10-13(2)16/h4-7,15H,8-11H2,1-3H3. The monoisotopic (exact) mass is 266 g/mol. The van der Waals surface area contributed by atoms with Gasteiger partial charge in [-0.2, -0.15) is 11.8 Å². The fourth-order valence-electron chi connectivity index (χ4n) is 1.71. The second kappa shape index (κ2) is 8.33. The molecule has 1 aromatic rings. The van der Waals surface area contributed by atoms with Crippen molar-refractivity contribution in [2.24, 2.45) is 0 Å². The summed E-state index contributed by atoms with van der Waals surface area (Å²) in [5, 5.41) is 0. The minimum absolute atomic E-state index is 0.0769. The quantitative estimate of drug-likeness (QED) is 0.672. The maximum atomic E-state index is 11.0. The molecule has 0 aliphatic carbocycles. The first-order chi connectivity index (χ1) is 8.61. The Morgan fingerprint density at radius 1 is 1.33 bits per heavy atom. The first kappa shape index (κ1) is 15.3. The van der Waals surface area contributed by atoms with Crippen molar-refractivity contribution in [2.75, 3.05) is 12.9 Å². The van der Waals surface area contributed by atoms with Crippen LogP contribution in [-0.2, 0) is 15.3 Å². The molecule has 1 atom stereocenters. The lowest BCUT2D eigenvalue weighted by Crippen LogP contribution is -2.15. The smallest absolute Gasteiger partial charge is 0.132 e. The van der Waals surface area contributed by atoms with Crippen LogP contribution in [0.25, 0.3) is 0 Å². The van der Waals surface area contributed by atoms with Crippen LogP contribution in [-0.4, -0.2) is 24.7 Å². The number of Topliss-reactive ketones (excluding diaryl/α,β-unsaturated/α-hetero) is 1. The minimum Gasteiger partial charge on any atom is -0.381 e. The number of benzene rings is 1. The van der Waals surface area contributed by atoms with Crippen LogP contribution >= 0.6 is 11.8 Å². The van der Waals surface area contributed by atoms with E-state index in [2.05, 4.69) is 31.2 Å². The molecule has 0 aromatic heterocycles. The predicted octanol–water partition coefficient (Wildman–Crippen LogP) is 3.61. The van der Waals surface area contributed by atoms with E-state index in [0.717, 1.165) is 17.9 Å². The number of hydrogen-bond acceptors (Lipinski definition) is 3. The molecule has 1 rings (SSSR count). The molecule has 1 unspecified atom stereocenters. The highest BCUT2D eigenvalue weighted by Crippen LogP contribution is 2.16. The number of carbonyl (C=O) groups is 1. The zero-order valence-electron chi connectivity index (χ0n) is 11.4. The van der Waals surface area contributed by atoms with Crippen LogP contribution in [0.5, 0.6) is 0 Å². The summed E-state index contributed by atoms with van der Waals surface area (Å²) < 4.78 is 5.29. The van der Waals surface area contributed by atoms with E-state index in [0.29, 0.717) is 6.42 Å². The van der Waals surface area contributed by atoms with Gasteiger partial charge in [-0.1, -0.05) is 29.8 Å². The first-order valence-electron chi connectivity index (χ1n) is 6.27. The number of ketones is 1. The largest absolute Gasteiger partial charge is 0.381 e. The van der Waals surface area contributed by atoms with Gasteiger partial charge in [0.05, 0.1) is 6.10 Å². The van der Waals surface area contributed by atoms with E-state index >= 15 is 0 Å². The maximum absolute atomic E-state index is 11.0. The summed E-state index contributed by atoms with van der Waals surface area (Å²) in [5.41, 5.74) is 2.65. The average Bonchev–Trinajstić information content (AvgIpc) is 2.34. The summed E-state index contributed by atoms with van der Waals surface area (Å²) in [7, 11) is 1.68. The third-order valence-electron chi connectivity index (χ3n) is 2.82. The minimum atomic E-state index is 0.0769. The second-order valence-corrected chi connectivity index (χ2v) is 5.70. The molecule has 0 N–H and O–H groups in total. The molecule has 0 amide bonds. The molecule has 100 valence electrons. The van der Waals surface area contributed by atoms with Crippen LogP contribution in [0.1, 0.15) is 30.9 Å². The molecule has 0 aliphatic heterocycles. The maximum Gasteiger partial charge on any atom is 0.132 e. The van der Waals surface area contributed by atoms with Gasteiger partial charge in [0.2, 0.25) is 0 Å². The fraction of sp³-hybridized carbons (Fsp3) is 0.533. The van der Waals surface area contributed by atoms with Crippen LogP contribution in [0.15, 0.2) is 24.3 Å². The van der Waals surface area contributed by atoms with Crippen molar-refractivity contribution in [3.63, 3.8) is 0 Å². The highest BCUT2D eigenvalue weighted by atomic mass is 32.2. The zero-order valence-corrected chi connectivity index (χ0v) is 12.3. The van der Waals surface area contributed by atoms with Gasteiger partial charge in [-0.25, -0.2) is 0 Å². The number of methoxy groups -OCH3 is 1. The summed E-state index contributed by atoms with van der Waals surface area (Å²) in [6.07, 6.45) is 1.54. The Labute approximate surface area is 114 Å². The molecule has 18 heavy (non-hydrogen) atoms. The first-order valence-corrected chi connectivity index (χ1v) is 7.43. The normalized spacial score (nSPS) is 12.4. The Morgan fingerprint density at radius 3 is 2.56 bits per heavy atom. The van der Waals surface area contributed by atoms with Gasteiger partial charge in [0.15, 0.2) is 0 Å². The number of hydrogen-bond donors (Lipinski definition) is 0. The van der Waals surface area contributed by atoms with E-state index in [1.54, 1.807) is 14.0 Å². The summed E-state index contributed by atoms with van der Waals surface area (Å²) >= 11 is 1.89. The third-order valence-corrected chi connectivity index (χ3v) is 3.88. The number of carbonyl (C=O) groups excluding carboxylic acids is 1. The molecule has 0 spiro atoms. The molecule has 0 aliphatic rings. The van der Waals surface area contributed by atoms with Gasteiger partial charge in [-0.05, 0) is 31.6 Å². The molecular formula is C15H22O2S. The fourth-order valence-corrected chi connectivity index (χ4v) is 2.72. The molecule has 0 saturated carbocycles. The number of ether oxygens (including phenoxy) is 1. The molecule has 0 radical (unpaired) electrons. The van der Waals surface area contributed by atoms with Crippen molar-refractivity contribution >= 4 is 17.5 Å². The third kappa shape index (κ3) is 6.22. The van der Waals surface area contributed by atoms with Crippen LogP contribution in [0.4, 0.5) is 0 Å². The topological polar surface area (TPSA) is 26.3 Å². The van der Waals surface area contributed by atoms with E-state index < -0.39 is 0 Å². The van der Waals surface area contributed by atoms with Gasteiger partial charge in [-0.15, -0.1) is 0 Å². The van der Waals surface area contributed by atoms with E-state index in [9.17, 15) is 4.79 Å². The van der Waals surface area contributed by atoms with Crippen molar-refractivity contribution in [3.8, 4) is 0 Å². The summed E-state index contributed by atoms with van der Waals surface area (Å²) in [6, 6.07) is 8.63. The second-order valence-electron chi connectivity index (χ2n) is 4.59. The molecule has 3 heteroatoms. The average molecular weight is 266 g/mol. The molecular weight excluding hydrogens is 244 g/mol. The highest BCUT2D eigenvalue weighted by Gasteiger charge is 2.09. The lowest BCUT2D eigenvalue weighted by atomic mass is 10.1. The molecule has 0 saturated heterocycles. The van der Waals surface area contributed by atoms with Gasteiger partial charge in [0.25, 0.3) is 0 Å². The summed E-state index contributed by atoms with van der Waals surface area (Å²) in [4.78, 5) is 11.0. The SMILES string of the molecule is COC(CCSCc1ccc(C)cc1)CC(C)=O. The lowest BCUT2D eigenvalue weighted by Gasteiger charge is -2.13. The van der Waals surface area contributed by atoms with Crippen molar-refractivity contribution in [1.29, 1.82) is 0 Å². The van der Waals surface area contributed by atoms with Crippen molar-refractivity contribution < 1.29 is 9.53 Å². The molecule has 0 fully saturated rings. The number of thioether (sulfide) groups is 1. The van der Waals surface area contributed by atoms with Crippen molar-refractivity contribution in [3.05, 3.63) is 35.4 Å². The number of rotatable bonds is 8. The van der Waals surface area contributed by atoms with Crippen molar-refractivity contribution in [1.82, 2.24) is 0 Å². The molecule has 0 heterocycles. The van der Waals surface area contributed by atoms with Gasteiger partial charge in [-0.3, -0.25) is 4.79 Å². The van der Waals surface area contributed by atoms with Gasteiger partial charge < -0.3 is 4.74 Å². The molecule has 0 bridgehead atoms. The Morgan fingerprint density at radius 2 is 2.00 bits per heavy atom. The highest BCUT2D eigenvalue weighted by molar-refractivity contribution is 7.98. The van der Waals surface area contributed by atoms with Crippen molar-refractivity contribution in [2.45, 2.75) is 38.5 Å². The van der Waals surface area contributed by atoms with Crippen LogP contribution in [0, 0.1) is 6.92 Å². The van der Waals surface area contributed by atoms with E-state index in [-0.39, 0.29) is 11.9 Å². The van der Waals surface area contributed by atoms with Gasteiger partial charge in [0, 0.05) is 19.3 Å². The Kier molecular flexibility index (Phi) is 7.06. The van der Waals surface area contributed by atoms with Crippen LogP contribution < -0.4 is 0 Å². The Balaban J connectivity index is 2.21. The Hall–Kier alpha value is -0.800. The zero-order chi connectivity index (χ0) is 13.4. The van der Waals surface area contributed by atoms with Crippen LogP contribution in [0.2, 0.25) is 0 Å². The van der Waals surface area contributed by atoms with E-state index in [1.807, 2.05) is 11.8 Å². The lowest BCUT2D eigenvalue weighted by molar-refractivity contribution is -0.119. The van der Waals surface area contributed by atoms with E-state index in [1.165, 1.54) is 11.1 Å². The number of aryl methyl sites for hydroxylation is 1. The van der Waals surface area contributed by atoms with Gasteiger partial charge in [0.1, 0.15) is 5.78 Å². The molecule has 1 aromatic carbocycles. The van der Waals surface area contributed by atoms with Gasteiger partial charge >= 0.3 is 0 Å². The summed E-state index contributed by atoms with van der Waals surface area (Å²) in [6.45, 7) is 3.72. The van der Waals surface area contributed by atoms with Crippen LogP contribution in [0.3, 0.4) is 0 Å². The summed E-state index contributed by atoms with van der Waals surface area (Å²) in [5.74, 6) is 2.25. The Bertz CT molecular complexity index is 359.